The maximum absolute atomic E-state index is 11.7. The Morgan fingerprint density at radius 1 is 1.42 bits per heavy atom. The molecule has 0 saturated heterocycles. The van der Waals surface area contributed by atoms with Crippen LogP contribution in [0.5, 0.6) is 0 Å². The molecule has 4 heteroatoms. The van der Waals surface area contributed by atoms with Crippen LogP contribution in [-0.4, -0.2) is 22.8 Å². The standard InChI is InChI=1S/C15H24N2O2/c1-4-19-15(18)12-7-5-11(6-8-12)14-9-13(10(2)3)16-17-14/h9-12H,4-8H2,1-3H3,(H,16,17). The SMILES string of the molecule is CCOC(=O)C1CCC(c2cc(C(C)C)n[nH]2)CC1. The summed E-state index contributed by atoms with van der Waals surface area (Å²) in [6.45, 7) is 6.65. The van der Waals surface area contributed by atoms with Crippen LogP contribution in [0.1, 0.15) is 69.7 Å². The molecule has 0 aliphatic heterocycles. The van der Waals surface area contributed by atoms with Crippen molar-refractivity contribution >= 4 is 5.97 Å². The van der Waals surface area contributed by atoms with Gasteiger partial charge < -0.3 is 4.74 Å². The molecule has 1 aromatic heterocycles. The highest BCUT2D eigenvalue weighted by Gasteiger charge is 2.28. The highest BCUT2D eigenvalue weighted by molar-refractivity contribution is 5.72. The third-order valence-electron chi connectivity index (χ3n) is 4.00. The van der Waals surface area contributed by atoms with Crippen LogP contribution < -0.4 is 0 Å². The molecular weight excluding hydrogens is 240 g/mol. The van der Waals surface area contributed by atoms with Gasteiger partial charge in [-0.2, -0.15) is 5.10 Å². The van der Waals surface area contributed by atoms with E-state index in [0.29, 0.717) is 18.4 Å². The molecule has 0 unspecified atom stereocenters. The first-order valence-corrected chi connectivity index (χ1v) is 7.33. The fourth-order valence-electron chi connectivity index (χ4n) is 2.76. The maximum Gasteiger partial charge on any atom is 0.308 e. The van der Waals surface area contributed by atoms with Crippen molar-refractivity contribution in [3.05, 3.63) is 17.5 Å². The van der Waals surface area contributed by atoms with Gasteiger partial charge in [-0.15, -0.1) is 0 Å². The number of aromatic nitrogens is 2. The third-order valence-corrected chi connectivity index (χ3v) is 4.00. The lowest BCUT2D eigenvalue weighted by Gasteiger charge is -2.26. The molecule has 0 amide bonds. The molecular formula is C15H24N2O2. The van der Waals surface area contributed by atoms with Crippen molar-refractivity contribution in [2.75, 3.05) is 6.61 Å². The maximum atomic E-state index is 11.7. The van der Waals surface area contributed by atoms with E-state index < -0.39 is 0 Å². The lowest BCUT2D eigenvalue weighted by Crippen LogP contribution is -2.23. The van der Waals surface area contributed by atoms with Crippen molar-refractivity contribution in [3.63, 3.8) is 0 Å². The topological polar surface area (TPSA) is 55.0 Å². The molecule has 1 aromatic rings. The van der Waals surface area contributed by atoms with E-state index in [2.05, 4.69) is 30.1 Å². The molecule has 0 aromatic carbocycles. The van der Waals surface area contributed by atoms with Crippen molar-refractivity contribution in [1.29, 1.82) is 0 Å². The summed E-state index contributed by atoms with van der Waals surface area (Å²) >= 11 is 0. The molecule has 4 nitrogen and oxygen atoms in total. The van der Waals surface area contributed by atoms with Crippen molar-refractivity contribution < 1.29 is 9.53 Å². The van der Waals surface area contributed by atoms with Crippen LogP contribution in [0.4, 0.5) is 0 Å². The fourth-order valence-corrected chi connectivity index (χ4v) is 2.76. The lowest BCUT2D eigenvalue weighted by atomic mass is 9.80. The third kappa shape index (κ3) is 3.37. The van der Waals surface area contributed by atoms with Crippen LogP contribution in [0.2, 0.25) is 0 Å². The number of carbonyl (C=O) groups is 1. The predicted molar refractivity (Wildman–Crippen MR) is 74.0 cm³/mol. The van der Waals surface area contributed by atoms with Gasteiger partial charge in [0.2, 0.25) is 0 Å². The van der Waals surface area contributed by atoms with Gasteiger partial charge in [0.15, 0.2) is 0 Å². The molecule has 0 atom stereocenters. The Morgan fingerprint density at radius 2 is 2.11 bits per heavy atom. The van der Waals surface area contributed by atoms with E-state index >= 15 is 0 Å². The van der Waals surface area contributed by atoms with Gasteiger partial charge in [-0.1, -0.05) is 13.8 Å². The highest BCUT2D eigenvalue weighted by atomic mass is 16.5. The highest BCUT2D eigenvalue weighted by Crippen LogP contribution is 2.36. The zero-order valence-corrected chi connectivity index (χ0v) is 12.1. The number of hydrogen-bond donors (Lipinski definition) is 1. The van der Waals surface area contributed by atoms with Crippen LogP contribution in [0, 0.1) is 5.92 Å². The Balaban J connectivity index is 1.90. The zero-order chi connectivity index (χ0) is 13.8. The van der Waals surface area contributed by atoms with E-state index in [-0.39, 0.29) is 11.9 Å². The average Bonchev–Trinajstić information content (AvgIpc) is 2.89. The fraction of sp³-hybridized carbons (Fsp3) is 0.733. The number of carbonyl (C=O) groups excluding carboxylic acids is 1. The number of hydrogen-bond acceptors (Lipinski definition) is 3. The molecule has 2 rings (SSSR count). The number of nitrogens with zero attached hydrogens (tertiary/aromatic N) is 1. The summed E-state index contributed by atoms with van der Waals surface area (Å²) in [4.78, 5) is 11.7. The normalized spacial score (nSPS) is 23.6. The summed E-state index contributed by atoms with van der Waals surface area (Å²) in [6.07, 6.45) is 3.95. The van der Waals surface area contributed by atoms with Crippen molar-refractivity contribution in [2.24, 2.45) is 5.92 Å². The Hall–Kier alpha value is -1.32. The minimum atomic E-state index is -0.0200. The Kier molecular flexibility index (Phi) is 4.61. The second kappa shape index (κ2) is 6.22. The van der Waals surface area contributed by atoms with Gasteiger partial charge in [-0.05, 0) is 44.6 Å². The molecule has 0 radical (unpaired) electrons. The second-order valence-corrected chi connectivity index (χ2v) is 5.70. The predicted octanol–water partition coefficient (Wildman–Crippen LogP) is 3.37. The first-order valence-electron chi connectivity index (χ1n) is 7.33. The van der Waals surface area contributed by atoms with Crippen LogP contribution in [0.15, 0.2) is 6.07 Å². The van der Waals surface area contributed by atoms with Crippen LogP contribution in [0.3, 0.4) is 0 Å². The van der Waals surface area contributed by atoms with E-state index in [9.17, 15) is 4.79 Å². The van der Waals surface area contributed by atoms with Gasteiger partial charge in [-0.25, -0.2) is 0 Å². The van der Waals surface area contributed by atoms with Crippen LogP contribution in [-0.2, 0) is 9.53 Å². The largest absolute Gasteiger partial charge is 0.466 e. The van der Waals surface area contributed by atoms with Gasteiger partial charge in [0.05, 0.1) is 18.2 Å². The van der Waals surface area contributed by atoms with Gasteiger partial charge in [0.1, 0.15) is 0 Å². The summed E-state index contributed by atoms with van der Waals surface area (Å²) in [5.74, 6) is 1.06. The Bertz CT molecular complexity index is 418. The molecule has 1 fully saturated rings. The van der Waals surface area contributed by atoms with Gasteiger partial charge in [0.25, 0.3) is 0 Å². The minimum absolute atomic E-state index is 0.0200. The number of H-pyrrole nitrogens is 1. The van der Waals surface area contributed by atoms with Gasteiger partial charge in [-0.3, -0.25) is 9.89 Å². The van der Waals surface area contributed by atoms with Crippen LogP contribution >= 0.6 is 0 Å². The average molecular weight is 264 g/mol. The Morgan fingerprint density at radius 3 is 2.63 bits per heavy atom. The number of nitrogens with one attached hydrogen (secondary N) is 1. The van der Waals surface area contributed by atoms with Gasteiger partial charge >= 0.3 is 5.97 Å². The molecule has 1 aliphatic carbocycles. The second-order valence-electron chi connectivity index (χ2n) is 5.70. The van der Waals surface area contributed by atoms with E-state index in [1.807, 2.05) is 6.92 Å². The number of rotatable bonds is 4. The Labute approximate surface area is 114 Å². The molecule has 19 heavy (non-hydrogen) atoms. The molecule has 1 N–H and O–H groups in total. The van der Waals surface area contributed by atoms with E-state index in [1.54, 1.807) is 0 Å². The van der Waals surface area contributed by atoms with Crippen molar-refractivity contribution in [3.8, 4) is 0 Å². The summed E-state index contributed by atoms with van der Waals surface area (Å²) in [7, 11) is 0. The first-order chi connectivity index (χ1) is 9.11. The molecule has 0 bridgehead atoms. The molecule has 0 spiro atoms. The summed E-state index contributed by atoms with van der Waals surface area (Å²) in [5, 5.41) is 7.52. The van der Waals surface area contributed by atoms with Gasteiger partial charge in [0, 0.05) is 11.6 Å². The zero-order valence-electron chi connectivity index (χ0n) is 12.1. The number of esters is 1. The molecule has 1 heterocycles. The lowest BCUT2D eigenvalue weighted by molar-refractivity contribution is -0.149. The van der Waals surface area contributed by atoms with E-state index in [0.717, 1.165) is 31.4 Å². The number of aromatic amines is 1. The minimum Gasteiger partial charge on any atom is -0.466 e. The van der Waals surface area contributed by atoms with Crippen molar-refractivity contribution in [1.82, 2.24) is 10.2 Å². The summed E-state index contributed by atoms with van der Waals surface area (Å²) in [6, 6.07) is 2.18. The quantitative estimate of drug-likeness (QED) is 0.848. The van der Waals surface area contributed by atoms with E-state index in [1.165, 1.54) is 5.69 Å². The van der Waals surface area contributed by atoms with Crippen molar-refractivity contribution in [2.45, 2.75) is 58.3 Å². The molecule has 1 aliphatic rings. The number of ether oxygens (including phenoxy) is 1. The molecule has 106 valence electrons. The summed E-state index contributed by atoms with van der Waals surface area (Å²) < 4.78 is 5.10. The summed E-state index contributed by atoms with van der Waals surface area (Å²) in [5.41, 5.74) is 2.36. The monoisotopic (exact) mass is 264 g/mol. The molecule has 1 saturated carbocycles. The smallest absolute Gasteiger partial charge is 0.308 e. The van der Waals surface area contributed by atoms with E-state index in [4.69, 9.17) is 4.74 Å². The van der Waals surface area contributed by atoms with Crippen LogP contribution in [0.25, 0.3) is 0 Å². The first kappa shape index (κ1) is 14.1.